The van der Waals surface area contributed by atoms with Gasteiger partial charge in [-0.25, -0.2) is 9.97 Å². The van der Waals surface area contributed by atoms with Gasteiger partial charge in [0.05, 0.1) is 0 Å². The third kappa shape index (κ3) is 2.74. The van der Waals surface area contributed by atoms with E-state index in [1.807, 2.05) is 43.5 Å². The molecule has 0 saturated heterocycles. The van der Waals surface area contributed by atoms with Gasteiger partial charge in [0.1, 0.15) is 0 Å². The number of aryl methyl sites for hydroxylation is 1. The van der Waals surface area contributed by atoms with Crippen LogP contribution in [0.5, 0.6) is 0 Å². The molecule has 0 radical (unpaired) electrons. The van der Waals surface area contributed by atoms with E-state index in [9.17, 15) is 0 Å². The van der Waals surface area contributed by atoms with Crippen LogP contribution in [0.3, 0.4) is 0 Å². The maximum absolute atomic E-state index is 4.60. The van der Waals surface area contributed by atoms with Gasteiger partial charge >= 0.3 is 0 Å². The first-order chi connectivity index (χ1) is 8.72. The quantitative estimate of drug-likeness (QED) is 0.893. The zero-order valence-corrected chi connectivity index (χ0v) is 11.1. The van der Waals surface area contributed by atoms with Gasteiger partial charge in [-0.05, 0) is 20.4 Å². The zero-order chi connectivity index (χ0) is 13.0. The second kappa shape index (κ2) is 5.74. The number of benzene rings is 1. The van der Waals surface area contributed by atoms with Crippen molar-refractivity contribution in [1.29, 1.82) is 0 Å². The van der Waals surface area contributed by atoms with E-state index in [-0.39, 0.29) is 0 Å². The Hall–Kier alpha value is -1.74. The van der Waals surface area contributed by atoms with Crippen LogP contribution in [0.15, 0.2) is 36.5 Å². The highest BCUT2D eigenvalue weighted by atomic mass is 14.9. The summed E-state index contributed by atoms with van der Waals surface area (Å²) in [6.45, 7) is 7.22. The van der Waals surface area contributed by atoms with Gasteiger partial charge in [-0.3, -0.25) is 0 Å². The third-order valence-corrected chi connectivity index (χ3v) is 3.03. The van der Waals surface area contributed by atoms with E-state index >= 15 is 0 Å². The number of rotatable bonds is 4. The van der Waals surface area contributed by atoms with Gasteiger partial charge in [0, 0.05) is 29.1 Å². The zero-order valence-electron chi connectivity index (χ0n) is 11.1. The van der Waals surface area contributed by atoms with E-state index in [0.29, 0.717) is 6.04 Å². The molecule has 1 aromatic carbocycles. The molecule has 2 rings (SSSR count). The van der Waals surface area contributed by atoms with Crippen molar-refractivity contribution in [3.63, 3.8) is 0 Å². The highest BCUT2D eigenvalue weighted by Crippen LogP contribution is 2.19. The molecule has 1 atom stereocenters. The molecule has 0 amide bonds. The highest BCUT2D eigenvalue weighted by molar-refractivity contribution is 5.54. The van der Waals surface area contributed by atoms with E-state index in [0.717, 1.165) is 29.2 Å². The molecular weight excluding hydrogens is 222 g/mol. The minimum atomic E-state index is 0.292. The second-order valence-corrected chi connectivity index (χ2v) is 4.38. The van der Waals surface area contributed by atoms with Crippen molar-refractivity contribution in [3.8, 4) is 11.4 Å². The largest absolute Gasteiger partial charge is 0.310 e. The normalized spacial score (nSPS) is 12.4. The van der Waals surface area contributed by atoms with Crippen LogP contribution in [0.1, 0.15) is 31.1 Å². The van der Waals surface area contributed by atoms with Gasteiger partial charge in [0.15, 0.2) is 5.82 Å². The maximum atomic E-state index is 4.60. The average Bonchev–Trinajstić information content (AvgIpc) is 2.40. The Bertz CT molecular complexity index is 508. The topological polar surface area (TPSA) is 37.8 Å². The summed E-state index contributed by atoms with van der Waals surface area (Å²) in [7, 11) is 0. The molecule has 1 aromatic heterocycles. The van der Waals surface area contributed by atoms with Gasteiger partial charge < -0.3 is 5.32 Å². The Morgan fingerprint density at radius 3 is 2.56 bits per heavy atom. The molecule has 1 heterocycles. The van der Waals surface area contributed by atoms with Crippen molar-refractivity contribution in [2.24, 2.45) is 0 Å². The molecule has 0 aliphatic carbocycles. The second-order valence-electron chi connectivity index (χ2n) is 4.38. The van der Waals surface area contributed by atoms with Crippen LogP contribution in [0, 0.1) is 6.92 Å². The fourth-order valence-electron chi connectivity index (χ4n) is 2.04. The first-order valence-electron chi connectivity index (χ1n) is 6.34. The van der Waals surface area contributed by atoms with Gasteiger partial charge in [-0.15, -0.1) is 0 Å². The van der Waals surface area contributed by atoms with Crippen LogP contribution in [-0.4, -0.2) is 16.5 Å². The van der Waals surface area contributed by atoms with Crippen LogP contribution in [0.2, 0.25) is 0 Å². The number of nitrogens with zero attached hydrogens (tertiary/aromatic N) is 2. The molecule has 18 heavy (non-hydrogen) atoms. The Morgan fingerprint density at radius 1 is 1.22 bits per heavy atom. The lowest BCUT2D eigenvalue weighted by Crippen LogP contribution is -2.19. The van der Waals surface area contributed by atoms with E-state index in [1.165, 1.54) is 0 Å². The number of aromatic nitrogens is 2. The van der Waals surface area contributed by atoms with Gasteiger partial charge in [-0.1, -0.05) is 37.3 Å². The molecule has 0 fully saturated rings. The molecule has 0 saturated carbocycles. The lowest BCUT2D eigenvalue weighted by atomic mass is 10.1. The summed E-state index contributed by atoms with van der Waals surface area (Å²) >= 11 is 0. The van der Waals surface area contributed by atoms with Crippen molar-refractivity contribution < 1.29 is 0 Å². The molecule has 94 valence electrons. The minimum absolute atomic E-state index is 0.292. The van der Waals surface area contributed by atoms with E-state index < -0.39 is 0 Å². The SMILES string of the molecule is CCNC(C)c1cnc(-c2ccccc2)nc1C. The van der Waals surface area contributed by atoms with Crippen molar-refractivity contribution in [3.05, 3.63) is 47.8 Å². The van der Waals surface area contributed by atoms with Crippen molar-refractivity contribution in [1.82, 2.24) is 15.3 Å². The molecule has 1 N–H and O–H groups in total. The van der Waals surface area contributed by atoms with Crippen LogP contribution in [0.25, 0.3) is 11.4 Å². The summed E-state index contributed by atoms with van der Waals surface area (Å²) < 4.78 is 0. The predicted molar refractivity (Wildman–Crippen MR) is 74.3 cm³/mol. The Kier molecular flexibility index (Phi) is 4.05. The molecule has 0 aliphatic rings. The first kappa shape index (κ1) is 12.7. The smallest absolute Gasteiger partial charge is 0.159 e. The van der Waals surface area contributed by atoms with E-state index in [2.05, 4.69) is 29.1 Å². The molecule has 0 aliphatic heterocycles. The fraction of sp³-hybridized carbons (Fsp3) is 0.333. The minimum Gasteiger partial charge on any atom is -0.310 e. The lowest BCUT2D eigenvalue weighted by Gasteiger charge is -2.14. The first-order valence-corrected chi connectivity index (χ1v) is 6.34. The molecule has 0 spiro atoms. The monoisotopic (exact) mass is 241 g/mol. The Balaban J connectivity index is 2.31. The summed E-state index contributed by atoms with van der Waals surface area (Å²) in [5, 5.41) is 3.38. The summed E-state index contributed by atoms with van der Waals surface area (Å²) in [5.74, 6) is 0.792. The van der Waals surface area contributed by atoms with Crippen molar-refractivity contribution in [2.45, 2.75) is 26.8 Å². The van der Waals surface area contributed by atoms with Crippen LogP contribution in [0.4, 0.5) is 0 Å². The summed E-state index contributed by atoms with van der Waals surface area (Å²) in [6, 6.07) is 10.4. The standard InChI is InChI=1S/C15H19N3/c1-4-16-11(2)14-10-17-15(18-12(14)3)13-8-6-5-7-9-13/h5-11,16H,4H2,1-3H3. The molecule has 3 heteroatoms. The molecule has 3 nitrogen and oxygen atoms in total. The number of hydrogen-bond donors (Lipinski definition) is 1. The summed E-state index contributed by atoms with van der Waals surface area (Å²) in [4.78, 5) is 9.06. The Labute approximate surface area is 108 Å². The molecule has 2 aromatic rings. The number of nitrogens with one attached hydrogen (secondary N) is 1. The van der Waals surface area contributed by atoms with Crippen molar-refractivity contribution in [2.75, 3.05) is 6.54 Å². The van der Waals surface area contributed by atoms with Gasteiger partial charge in [0.2, 0.25) is 0 Å². The predicted octanol–water partition coefficient (Wildman–Crippen LogP) is 3.12. The number of hydrogen-bond acceptors (Lipinski definition) is 3. The summed E-state index contributed by atoms with van der Waals surface area (Å²) in [6.07, 6.45) is 1.93. The Morgan fingerprint density at radius 2 is 1.94 bits per heavy atom. The molecule has 1 unspecified atom stereocenters. The van der Waals surface area contributed by atoms with Crippen LogP contribution >= 0.6 is 0 Å². The highest BCUT2D eigenvalue weighted by Gasteiger charge is 2.10. The maximum Gasteiger partial charge on any atom is 0.159 e. The molecule has 0 bridgehead atoms. The molecular formula is C15H19N3. The van der Waals surface area contributed by atoms with Crippen molar-refractivity contribution >= 4 is 0 Å². The van der Waals surface area contributed by atoms with Crippen LogP contribution < -0.4 is 5.32 Å². The lowest BCUT2D eigenvalue weighted by molar-refractivity contribution is 0.590. The van der Waals surface area contributed by atoms with Gasteiger partial charge in [0.25, 0.3) is 0 Å². The van der Waals surface area contributed by atoms with E-state index in [1.54, 1.807) is 0 Å². The average molecular weight is 241 g/mol. The van der Waals surface area contributed by atoms with Gasteiger partial charge in [-0.2, -0.15) is 0 Å². The fourth-order valence-corrected chi connectivity index (χ4v) is 2.04. The third-order valence-electron chi connectivity index (χ3n) is 3.03. The van der Waals surface area contributed by atoms with E-state index in [4.69, 9.17) is 0 Å². The summed E-state index contributed by atoms with van der Waals surface area (Å²) in [5.41, 5.74) is 3.26. The van der Waals surface area contributed by atoms with Crippen LogP contribution in [-0.2, 0) is 0 Å².